The van der Waals surface area contributed by atoms with Crippen molar-refractivity contribution in [3.63, 3.8) is 0 Å². The molecule has 0 radical (unpaired) electrons. The van der Waals surface area contributed by atoms with E-state index < -0.39 is 32.3 Å². The van der Waals surface area contributed by atoms with E-state index in [4.69, 9.17) is 5.11 Å². The van der Waals surface area contributed by atoms with Crippen LogP contribution in [0.25, 0.3) is 0 Å². The van der Waals surface area contributed by atoms with Gasteiger partial charge in [0, 0.05) is 12.6 Å². The predicted molar refractivity (Wildman–Crippen MR) is 75.1 cm³/mol. The molecule has 1 heterocycles. The number of carboxylic acid groups (broad SMARTS) is 1. The monoisotopic (exact) mass is 315 g/mol. The molecule has 1 saturated heterocycles. The molecule has 116 valence electrons. The highest BCUT2D eigenvalue weighted by Gasteiger charge is 2.38. The molecule has 0 aliphatic carbocycles. The summed E-state index contributed by atoms with van der Waals surface area (Å²) in [5, 5.41) is 9.13. The summed E-state index contributed by atoms with van der Waals surface area (Å²) in [6.45, 7) is 4.17. The van der Waals surface area contributed by atoms with Crippen LogP contribution in [0, 0.1) is 11.7 Å². The lowest BCUT2D eigenvalue weighted by Crippen LogP contribution is -2.39. The van der Waals surface area contributed by atoms with E-state index >= 15 is 0 Å². The first-order valence-corrected chi connectivity index (χ1v) is 8.24. The van der Waals surface area contributed by atoms with E-state index in [-0.39, 0.29) is 12.0 Å². The average molecular weight is 315 g/mol. The Labute approximate surface area is 123 Å². The smallest absolute Gasteiger partial charge is 0.337 e. The van der Waals surface area contributed by atoms with Crippen molar-refractivity contribution in [2.75, 3.05) is 6.54 Å². The molecule has 1 atom stereocenters. The summed E-state index contributed by atoms with van der Waals surface area (Å²) >= 11 is 0. The van der Waals surface area contributed by atoms with Gasteiger partial charge in [-0.25, -0.2) is 17.6 Å². The van der Waals surface area contributed by atoms with Crippen LogP contribution in [0.5, 0.6) is 0 Å². The van der Waals surface area contributed by atoms with Gasteiger partial charge >= 0.3 is 5.97 Å². The number of rotatable bonds is 4. The Morgan fingerprint density at radius 1 is 1.43 bits per heavy atom. The summed E-state index contributed by atoms with van der Waals surface area (Å²) in [5.74, 6) is -2.03. The molecular weight excluding hydrogens is 297 g/mol. The maximum atomic E-state index is 13.4. The average Bonchev–Trinajstić information content (AvgIpc) is 2.88. The summed E-state index contributed by atoms with van der Waals surface area (Å²) < 4.78 is 40.2. The van der Waals surface area contributed by atoms with Crippen LogP contribution in [0.1, 0.15) is 37.0 Å². The van der Waals surface area contributed by atoms with Gasteiger partial charge in [0.1, 0.15) is 5.82 Å². The van der Waals surface area contributed by atoms with Gasteiger partial charge in [-0.1, -0.05) is 13.8 Å². The minimum Gasteiger partial charge on any atom is -0.478 e. The Bertz CT molecular complexity index is 657. The number of hydrogen-bond donors (Lipinski definition) is 1. The molecule has 1 aromatic rings. The van der Waals surface area contributed by atoms with E-state index in [9.17, 15) is 17.6 Å². The van der Waals surface area contributed by atoms with Crippen LogP contribution in [0.3, 0.4) is 0 Å². The van der Waals surface area contributed by atoms with E-state index in [1.54, 1.807) is 0 Å². The third-order valence-electron chi connectivity index (χ3n) is 3.78. The fourth-order valence-electron chi connectivity index (χ4n) is 2.74. The summed E-state index contributed by atoms with van der Waals surface area (Å²) in [6.07, 6.45) is 1.45. The van der Waals surface area contributed by atoms with Crippen LogP contribution >= 0.6 is 0 Å². The van der Waals surface area contributed by atoms with Crippen LogP contribution in [0.2, 0.25) is 0 Å². The highest BCUT2D eigenvalue weighted by atomic mass is 32.2. The summed E-state index contributed by atoms with van der Waals surface area (Å²) in [4.78, 5) is 10.7. The molecule has 1 N–H and O–H groups in total. The number of nitrogens with zero attached hydrogens (tertiary/aromatic N) is 1. The largest absolute Gasteiger partial charge is 0.478 e. The molecule has 21 heavy (non-hydrogen) atoms. The summed E-state index contributed by atoms with van der Waals surface area (Å²) in [6, 6.07) is 2.55. The molecule has 1 unspecified atom stereocenters. The van der Waals surface area contributed by atoms with Crippen molar-refractivity contribution in [2.45, 2.75) is 37.6 Å². The van der Waals surface area contributed by atoms with Gasteiger partial charge in [0.05, 0.1) is 10.5 Å². The fraction of sp³-hybridized carbons (Fsp3) is 0.500. The van der Waals surface area contributed by atoms with Crippen LogP contribution in [-0.2, 0) is 10.0 Å². The molecule has 1 fully saturated rings. The van der Waals surface area contributed by atoms with E-state index in [0.717, 1.165) is 31.0 Å². The molecule has 1 aliphatic rings. The molecule has 0 spiro atoms. The van der Waals surface area contributed by atoms with Crippen molar-refractivity contribution in [1.29, 1.82) is 0 Å². The molecule has 2 rings (SSSR count). The number of carboxylic acids is 1. The van der Waals surface area contributed by atoms with Gasteiger partial charge in [0.25, 0.3) is 0 Å². The molecule has 1 aromatic carbocycles. The van der Waals surface area contributed by atoms with Crippen LogP contribution < -0.4 is 0 Å². The minimum absolute atomic E-state index is 0.115. The van der Waals surface area contributed by atoms with Gasteiger partial charge in [-0.15, -0.1) is 0 Å². The van der Waals surface area contributed by atoms with E-state index in [1.807, 2.05) is 13.8 Å². The molecule has 0 saturated carbocycles. The highest BCUT2D eigenvalue weighted by molar-refractivity contribution is 7.89. The Morgan fingerprint density at radius 2 is 2.10 bits per heavy atom. The zero-order valence-corrected chi connectivity index (χ0v) is 12.7. The second kappa shape index (κ2) is 5.73. The third kappa shape index (κ3) is 2.94. The fourth-order valence-corrected chi connectivity index (χ4v) is 4.77. The molecule has 0 bridgehead atoms. The van der Waals surface area contributed by atoms with Crippen molar-refractivity contribution in [3.05, 3.63) is 29.6 Å². The van der Waals surface area contributed by atoms with Gasteiger partial charge in [0.2, 0.25) is 10.0 Å². The van der Waals surface area contributed by atoms with Gasteiger partial charge in [-0.2, -0.15) is 4.31 Å². The zero-order chi connectivity index (χ0) is 15.8. The number of sulfonamides is 1. The van der Waals surface area contributed by atoms with Gasteiger partial charge < -0.3 is 5.11 Å². The standard InChI is InChI=1S/C14H18FNO4S/c1-9(2)12-4-3-7-16(12)21(19,20)13-8-10(15)5-6-11(13)14(17)18/h5-6,8-9,12H,3-4,7H2,1-2H3,(H,17,18). The van der Waals surface area contributed by atoms with Crippen molar-refractivity contribution in [1.82, 2.24) is 4.31 Å². The SMILES string of the molecule is CC(C)C1CCCN1S(=O)(=O)c1cc(F)ccc1C(=O)O. The van der Waals surface area contributed by atoms with Crippen LogP contribution in [-0.4, -0.2) is 36.4 Å². The Balaban J connectivity index is 2.54. The zero-order valence-electron chi connectivity index (χ0n) is 11.9. The molecule has 7 heteroatoms. The lowest BCUT2D eigenvalue weighted by atomic mass is 10.0. The maximum absolute atomic E-state index is 13.4. The second-order valence-electron chi connectivity index (χ2n) is 5.51. The third-order valence-corrected chi connectivity index (χ3v) is 5.74. The first-order valence-electron chi connectivity index (χ1n) is 6.80. The predicted octanol–water partition coefficient (Wildman–Crippen LogP) is 2.33. The Morgan fingerprint density at radius 3 is 2.67 bits per heavy atom. The first-order chi connectivity index (χ1) is 9.75. The van der Waals surface area contributed by atoms with E-state index in [2.05, 4.69) is 0 Å². The number of carbonyl (C=O) groups is 1. The quantitative estimate of drug-likeness (QED) is 0.925. The number of hydrogen-bond acceptors (Lipinski definition) is 3. The van der Waals surface area contributed by atoms with Crippen molar-refractivity contribution < 1.29 is 22.7 Å². The second-order valence-corrected chi connectivity index (χ2v) is 7.37. The molecule has 0 aromatic heterocycles. The number of benzene rings is 1. The Hall–Kier alpha value is -1.47. The van der Waals surface area contributed by atoms with Crippen LogP contribution in [0.15, 0.2) is 23.1 Å². The normalized spacial score (nSPS) is 20.1. The first kappa shape index (κ1) is 15.9. The van der Waals surface area contributed by atoms with Gasteiger partial charge in [0.15, 0.2) is 0 Å². The van der Waals surface area contributed by atoms with E-state index in [1.165, 1.54) is 4.31 Å². The molecule has 5 nitrogen and oxygen atoms in total. The van der Waals surface area contributed by atoms with Crippen molar-refractivity contribution in [2.24, 2.45) is 5.92 Å². The van der Waals surface area contributed by atoms with Crippen molar-refractivity contribution in [3.8, 4) is 0 Å². The lowest BCUT2D eigenvalue weighted by molar-refractivity contribution is 0.0692. The molecule has 1 aliphatic heterocycles. The maximum Gasteiger partial charge on any atom is 0.337 e. The van der Waals surface area contributed by atoms with Gasteiger partial charge in [-0.3, -0.25) is 0 Å². The molecule has 0 amide bonds. The number of halogens is 1. The Kier molecular flexibility index (Phi) is 4.34. The lowest BCUT2D eigenvalue weighted by Gasteiger charge is -2.27. The summed E-state index contributed by atoms with van der Waals surface area (Å²) in [7, 11) is -4.02. The molecular formula is C14H18FNO4S. The highest BCUT2D eigenvalue weighted by Crippen LogP contribution is 2.31. The minimum atomic E-state index is -4.02. The van der Waals surface area contributed by atoms with Gasteiger partial charge in [-0.05, 0) is 37.0 Å². The van der Waals surface area contributed by atoms with Crippen molar-refractivity contribution >= 4 is 16.0 Å². The van der Waals surface area contributed by atoms with Crippen LogP contribution in [0.4, 0.5) is 4.39 Å². The van der Waals surface area contributed by atoms with E-state index in [0.29, 0.717) is 6.54 Å². The number of aromatic carboxylic acids is 1. The summed E-state index contributed by atoms with van der Waals surface area (Å²) in [5.41, 5.74) is -0.397. The topological polar surface area (TPSA) is 74.7 Å².